The van der Waals surface area contributed by atoms with E-state index < -0.39 is 0 Å². The molecule has 1 saturated carbocycles. The van der Waals surface area contributed by atoms with Crippen LogP contribution in [0.4, 0.5) is 5.69 Å². The zero-order valence-corrected chi connectivity index (χ0v) is 16.3. The molecule has 1 aromatic heterocycles. The molecule has 4 heteroatoms. The molecule has 2 heterocycles. The fourth-order valence-electron chi connectivity index (χ4n) is 4.23. The molecule has 0 unspecified atom stereocenters. The van der Waals surface area contributed by atoms with Gasteiger partial charge in [0.05, 0.1) is 0 Å². The van der Waals surface area contributed by atoms with E-state index in [0.29, 0.717) is 11.6 Å². The summed E-state index contributed by atoms with van der Waals surface area (Å²) in [5.41, 5.74) is 2.95. The van der Waals surface area contributed by atoms with Crippen LogP contribution in [0.15, 0.2) is 48.7 Å². The lowest BCUT2D eigenvalue weighted by molar-refractivity contribution is 0.0945. The normalized spacial score (nSPS) is 22.7. The number of carbonyl (C=O) groups excluding carboxylic acids is 1. The third kappa shape index (κ3) is 4.15. The average molecular weight is 364 g/mol. The number of aromatic nitrogens is 1. The van der Waals surface area contributed by atoms with Crippen molar-refractivity contribution < 1.29 is 4.79 Å². The Bertz CT molecular complexity index is 781. The van der Waals surface area contributed by atoms with Gasteiger partial charge in [0, 0.05) is 36.9 Å². The molecule has 1 N–H and O–H groups in total. The van der Waals surface area contributed by atoms with E-state index in [0.717, 1.165) is 37.0 Å². The fourth-order valence-corrected chi connectivity index (χ4v) is 4.23. The summed E-state index contributed by atoms with van der Waals surface area (Å²) < 4.78 is 0. The number of nitrogens with zero attached hydrogens (tertiary/aromatic N) is 2. The van der Waals surface area contributed by atoms with Gasteiger partial charge in [-0.15, -0.1) is 0 Å². The number of nitrogens with one attached hydrogen (secondary N) is 1. The van der Waals surface area contributed by atoms with Crippen LogP contribution in [-0.4, -0.2) is 30.0 Å². The molecule has 2 aromatic rings. The van der Waals surface area contributed by atoms with Crippen LogP contribution in [0.5, 0.6) is 0 Å². The van der Waals surface area contributed by atoms with Gasteiger partial charge in [-0.1, -0.05) is 44.2 Å². The number of hydrogen-bond donors (Lipinski definition) is 1. The minimum atomic E-state index is -0.0580. The van der Waals surface area contributed by atoms with Crippen molar-refractivity contribution in [3.63, 3.8) is 0 Å². The van der Waals surface area contributed by atoms with Crippen molar-refractivity contribution in [2.45, 2.75) is 45.1 Å². The second-order valence-corrected chi connectivity index (χ2v) is 8.30. The summed E-state index contributed by atoms with van der Waals surface area (Å²) in [5.74, 6) is 1.95. The molecule has 1 amide bonds. The van der Waals surface area contributed by atoms with E-state index in [1.807, 2.05) is 18.2 Å². The number of rotatable bonds is 5. The van der Waals surface area contributed by atoms with Crippen LogP contribution in [0.25, 0.3) is 0 Å². The second-order valence-electron chi connectivity index (χ2n) is 8.30. The lowest BCUT2D eigenvalue weighted by atomic mass is 9.86. The third-order valence-corrected chi connectivity index (χ3v) is 6.16. The van der Waals surface area contributed by atoms with E-state index in [4.69, 9.17) is 0 Å². The smallest absolute Gasteiger partial charge is 0.270 e. The van der Waals surface area contributed by atoms with Gasteiger partial charge in [-0.05, 0) is 48.8 Å². The molecule has 2 fully saturated rings. The molecule has 27 heavy (non-hydrogen) atoms. The van der Waals surface area contributed by atoms with Gasteiger partial charge in [0.1, 0.15) is 5.69 Å². The summed E-state index contributed by atoms with van der Waals surface area (Å²) in [7, 11) is 0. The Balaban J connectivity index is 1.36. The molecule has 0 bridgehead atoms. The number of amides is 1. The predicted molar refractivity (Wildman–Crippen MR) is 109 cm³/mol. The summed E-state index contributed by atoms with van der Waals surface area (Å²) in [6.07, 6.45) is 5.23. The number of pyridine rings is 1. The Morgan fingerprint density at radius 2 is 1.89 bits per heavy atom. The molecule has 2 aliphatic rings. The van der Waals surface area contributed by atoms with Gasteiger partial charge in [0.15, 0.2) is 0 Å². The topological polar surface area (TPSA) is 45.2 Å². The first-order valence-corrected chi connectivity index (χ1v) is 10.2. The maximum absolute atomic E-state index is 12.7. The first kappa shape index (κ1) is 18.0. The Labute approximate surface area is 162 Å². The number of benzene rings is 1. The SMILES string of the molecule is CC(C)C1CCN(c2ccnc(C(=O)N[C@@H]3C[C@H]3c3ccccc3)c2)CC1. The molecule has 0 spiro atoms. The highest BCUT2D eigenvalue weighted by atomic mass is 16.2. The highest BCUT2D eigenvalue weighted by Gasteiger charge is 2.39. The summed E-state index contributed by atoms with van der Waals surface area (Å²) in [4.78, 5) is 19.4. The van der Waals surface area contributed by atoms with Gasteiger partial charge in [-0.3, -0.25) is 9.78 Å². The summed E-state index contributed by atoms with van der Waals surface area (Å²) >= 11 is 0. The van der Waals surface area contributed by atoms with E-state index in [1.54, 1.807) is 6.20 Å². The van der Waals surface area contributed by atoms with Crippen molar-refractivity contribution in [3.8, 4) is 0 Å². The van der Waals surface area contributed by atoms with Gasteiger partial charge < -0.3 is 10.2 Å². The number of hydrogen-bond acceptors (Lipinski definition) is 3. The molecular formula is C23H29N3O. The van der Waals surface area contributed by atoms with E-state index >= 15 is 0 Å². The van der Waals surface area contributed by atoms with E-state index in [-0.39, 0.29) is 11.9 Å². The number of anilines is 1. The molecule has 2 atom stereocenters. The quantitative estimate of drug-likeness (QED) is 0.864. The molecule has 4 rings (SSSR count). The largest absolute Gasteiger partial charge is 0.371 e. The van der Waals surface area contributed by atoms with Crippen molar-refractivity contribution in [1.29, 1.82) is 0 Å². The standard InChI is InChI=1S/C23H29N3O/c1-16(2)17-9-12-26(13-10-17)19-8-11-24-22(14-19)23(27)25-21-15-20(21)18-6-4-3-5-7-18/h3-8,11,14,16-17,20-21H,9-10,12-13,15H2,1-2H3,(H,25,27)/t20-,21+/m0/s1. The van der Waals surface area contributed by atoms with Crippen LogP contribution in [0.3, 0.4) is 0 Å². The van der Waals surface area contributed by atoms with Crippen molar-refractivity contribution in [1.82, 2.24) is 10.3 Å². The molecule has 1 aromatic carbocycles. The summed E-state index contributed by atoms with van der Waals surface area (Å²) in [6, 6.07) is 14.6. The molecule has 1 saturated heterocycles. The van der Waals surface area contributed by atoms with Crippen LogP contribution < -0.4 is 10.2 Å². The van der Waals surface area contributed by atoms with Crippen molar-refractivity contribution in [2.75, 3.05) is 18.0 Å². The van der Waals surface area contributed by atoms with Crippen LogP contribution in [0.2, 0.25) is 0 Å². The predicted octanol–water partition coefficient (Wildman–Crippen LogP) is 4.24. The lowest BCUT2D eigenvalue weighted by Crippen LogP contribution is -2.35. The second kappa shape index (κ2) is 7.71. The Kier molecular flexibility index (Phi) is 5.15. The Morgan fingerprint density at radius 3 is 2.59 bits per heavy atom. The first-order chi connectivity index (χ1) is 13.1. The van der Waals surface area contributed by atoms with Gasteiger partial charge in [-0.25, -0.2) is 0 Å². The molecule has 1 aliphatic heterocycles. The molecule has 142 valence electrons. The average Bonchev–Trinajstić information content (AvgIpc) is 3.48. The van der Waals surface area contributed by atoms with E-state index in [9.17, 15) is 4.79 Å². The summed E-state index contributed by atoms with van der Waals surface area (Å²) in [5, 5.41) is 3.15. The highest BCUT2D eigenvalue weighted by molar-refractivity contribution is 5.93. The maximum atomic E-state index is 12.7. The Morgan fingerprint density at radius 1 is 1.15 bits per heavy atom. The van der Waals surface area contributed by atoms with Crippen LogP contribution in [-0.2, 0) is 0 Å². The minimum absolute atomic E-state index is 0.0580. The van der Waals surface area contributed by atoms with E-state index in [1.165, 1.54) is 18.4 Å². The van der Waals surface area contributed by atoms with Crippen molar-refractivity contribution in [3.05, 3.63) is 59.9 Å². The Hall–Kier alpha value is -2.36. The number of carbonyl (C=O) groups is 1. The van der Waals surface area contributed by atoms with Crippen LogP contribution in [0, 0.1) is 11.8 Å². The molecule has 0 radical (unpaired) electrons. The molecule has 4 nitrogen and oxygen atoms in total. The van der Waals surface area contributed by atoms with Gasteiger partial charge >= 0.3 is 0 Å². The van der Waals surface area contributed by atoms with Crippen LogP contribution in [0.1, 0.15) is 55.1 Å². The fraction of sp³-hybridized carbons (Fsp3) is 0.478. The van der Waals surface area contributed by atoms with Gasteiger partial charge in [-0.2, -0.15) is 0 Å². The molecule has 1 aliphatic carbocycles. The van der Waals surface area contributed by atoms with E-state index in [2.05, 4.69) is 53.3 Å². The van der Waals surface area contributed by atoms with Gasteiger partial charge in [0.25, 0.3) is 5.91 Å². The first-order valence-electron chi connectivity index (χ1n) is 10.2. The van der Waals surface area contributed by atoms with Crippen LogP contribution >= 0.6 is 0 Å². The third-order valence-electron chi connectivity index (χ3n) is 6.16. The zero-order chi connectivity index (χ0) is 18.8. The van der Waals surface area contributed by atoms with Gasteiger partial charge in [0.2, 0.25) is 0 Å². The highest BCUT2D eigenvalue weighted by Crippen LogP contribution is 2.40. The minimum Gasteiger partial charge on any atom is -0.371 e. The van der Waals surface area contributed by atoms with Crippen molar-refractivity contribution >= 4 is 11.6 Å². The lowest BCUT2D eigenvalue weighted by Gasteiger charge is -2.35. The number of piperidine rings is 1. The monoisotopic (exact) mass is 363 g/mol. The molecular weight excluding hydrogens is 334 g/mol. The maximum Gasteiger partial charge on any atom is 0.270 e. The zero-order valence-electron chi connectivity index (χ0n) is 16.3. The van der Waals surface area contributed by atoms with Crippen molar-refractivity contribution in [2.24, 2.45) is 11.8 Å². The summed E-state index contributed by atoms with van der Waals surface area (Å²) in [6.45, 7) is 6.75.